The van der Waals surface area contributed by atoms with Gasteiger partial charge in [-0.15, -0.1) is 0 Å². The van der Waals surface area contributed by atoms with Crippen molar-refractivity contribution in [3.63, 3.8) is 0 Å². The molecule has 0 fully saturated rings. The minimum atomic E-state index is -3.75. The van der Waals surface area contributed by atoms with Gasteiger partial charge in [-0.2, -0.15) is 0 Å². The fourth-order valence-electron chi connectivity index (χ4n) is 2.47. The predicted octanol–water partition coefficient (Wildman–Crippen LogP) is 4.19. The van der Waals surface area contributed by atoms with E-state index in [-0.39, 0.29) is 10.5 Å². The molecule has 0 spiro atoms. The monoisotopic (exact) mass is 384 g/mol. The number of hydrogen-bond acceptors (Lipinski definition) is 3. The minimum absolute atomic E-state index is 0.0627. The number of rotatable bonds is 5. The van der Waals surface area contributed by atoms with Crippen LogP contribution in [0.2, 0.25) is 0 Å². The second kappa shape index (κ2) is 7.59. The maximum Gasteiger partial charge on any atom is 0.261 e. The molecular formula is C20H17FN2O3S. The van der Waals surface area contributed by atoms with Crippen molar-refractivity contribution in [2.45, 2.75) is 11.8 Å². The molecule has 3 rings (SSSR count). The largest absolute Gasteiger partial charge is 0.322 e. The third-order valence-electron chi connectivity index (χ3n) is 3.78. The van der Waals surface area contributed by atoms with Gasteiger partial charge in [-0.3, -0.25) is 9.52 Å². The number of amides is 1. The number of carbonyl (C=O) groups is 1. The highest BCUT2D eigenvalue weighted by atomic mass is 32.2. The summed E-state index contributed by atoms with van der Waals surface area (Å²) < 4.78 is 40.6. The van der Waals surface area contributed by atoms with Gasteiger partial charge >= 0.3 is 0 Å². The molecule has 0 atom stereocenters. The molecule has 0 bridgehead atoms. The molecule has 0 aromatic heterocycles. The molecule has 0 unspecified atom stereocenters. The molecule has 3 aromatic carbocycles. The molecule has 7 heteroatoms. The van der Waals surface area contributed by atoms with Crippen molar-refractivity contribution in [3.8, 4) is 0 Å². The third kappa shape index (κ3) is 4.71. The third-order valence-corrected chi connectivity index (χ3v) is 5.18. The molecular weight excluding hydrogens is 367 g/mol. The number of sulfonamides is 1. The van der Waals surface area contributed by atoms with Crippen LogP contribution in [0.25, 0.3) is 0 Å². The highest BCUT2D eigenvalue weighted by Crippen LogP contribution is 2.19. The Kier molecular flexibility index (Phi) is 5.23. The fourth-order valence-corrected chi connectivity index (χ4v) is 3.52. The van der Waals surface area contributed by atoms with E-state index in [4.69, 9.17) is 0 Å². The number of nitrogens with one attached hydrogen (secondary N) is 2. The van der Waals surface area contributed by atoms with Crippen LogP contribution >= 0.6 is 0 Å². The lowest BCUT2D eigenvalue weighted by Gasteiger charge is -2.10. The summed E-state index contributed by atoms with van der Waals surface area (Å²) in [6.45, 7) is 1.87. The van der Waals surface area contributed by atoms with Crippen LogP contribution in [0, 0.1) is 12.7 Å². The summed E-state index contributed by atoms with van der Waals surface area (Å²) in [5.74, 6) is -0.991. The average molecular weight is 384 g/mol. The summed E-state index contributed by atoms with van der Waals surface area (Å²) >= 11 is 0. The minimum Gasteiger partial charge on any atom is -0.322 e. The zero-order valence-electron chi connectivity index (χ0n) is 14.4. The molecule has 0 radical (unpaired) electrons. The van der Waals surface area contributed by atoms with Crippen LogP contribution in [0.1, 0.15) is 15.9 Å². The van der Waals surface area contributed by atoms with E-state index in [0.717, 1.165) is 11.6 Å². The fraction of sp³-hybridized carbons (Fsp3) is 0.0500. The Morgan fingerprint density at radius 3 is 2.26 bits per heavy atom. The van der Waals surface area contributed by atoms with Crippen molar-refractivity contribution < 1.29 is 17.6 Å². The molecule has 0 aliphatic rings. The van der Waals surface area contributed by atoms with E-state index in [9.17, 15) is 17.6 Å². The van der Waals surface area contributed by atoms with Gasteiger partial charge in [-0.1, -0.05) is 18.2 Å². The van der Waals surface area contributed by atoms with Gasteiger partial charge in [-0.05, 0) is 67.1 Å². The van der Waals surface area contributed by atoms with Gasteiger partial charge < -0.3 is 5.32 Å². The molecule has 0 heterocycles. The Morgan fingerprint density at radius 1 is 0.889 bits per heavy atom. The maximum atomic E-state index is 13.2. The molecule has 1 amide bonds. The van der Waals surface area contributed by atoms with Gasteiger partial charge in [0, 0.05) is 16.9 Å². The van der Waals surface area contributed by atoms with Crippen molar-refractivity contribution in [2.24, 2.45) is 0 Å². The smallest absolute Gasteiger partial charge is 0.261 e. The number of halogens is 1. The Labute approximate surface area is 156 Å². The van der Waals surface area contributed by atoms with Crippen LogP contribution in [0.15, 0.2) is 77.7 Å². The highest BCUT2D eigenvalue weighted by molar-refractivity contribution is 7.92. The number of hydrogen-bond donors (Lipinski definition) is 2. The van der Waals surface area contributed by atoms with Gasteiger partial charge in [-0.25, -0.2) is 12.8 Å². The van der Waals surface area contributed by atoms with Crippen molar-refractivity contribution in [3.05, 3.63) is 89.7 Å². The van der Waals surface area contributed by atoms with E-state index in [1.54, 1.807) is 18.2 Å². The van der Waals surface area contributed by atoms with Crippen molar-refractivity contribution in [2.75, 3.05) is 10.0 Å². The van der Waals surface area contributed by atoms with E-state index in [2.05, 4.69) is 10.0 Å². The summed E-state index contributed by atoms with van der Waals surface area (Å²) in [6.07, 6.45) is 0. The molecule has 0 saturated heterocycles. The first-order chi connectivity index (χ1) is 12.8. The second-order valence-corrected chi connectivity index (χ2v) is 7.65. The Bertz CT molecular complexity index is 1080. The SMILES string of the molecule is Cc1cccc(NS(=O)(=O)c2ccc(NC(=O)c3cccc(F)c3)cc2)c1. The van der Waals surface area contributed by atoms with Gasteiger partial charge in [0.25, 0.3) is 15.9 Å². The molecule has 3 aromatic rings. The van der Waals surface area contributed by atoms with E-state index >= 15 is 0 Å². The van der Waals surface area contributed by atoms with Crippen molar-refractivity contribution >= 4 is 27.3 Å². The topological polar surface area (TPSA) is 75.3 Å². The lowest BCUT2D eigenvalue weighted by atomic mass is 10.2. The van der Waals surface area contributed by atoms with Crippen LogP contribution in [-0.4, -0.2) is 14.3 Å². The molecule has 2 N–H and O–H groups in total. The highest BCUT2D eigenvalue weighted by Gasteiger charge is 2.15. The zero-order valence-corrected chi connectivity index (χ0v) is 15.3. The average Bonchev–Trinajstić information content (AvgIpc) is 2.62. The number of aryl methyl sites for hydroxylation is 1. The standard InChI is InChI=1S/C20H17FN2O3S/c1-14-4-2-7-18(12-14)23-27(25,26)19-10-8-17(9-11-19)22-20(24)15-5-3-6-16(21)13-15/h2-13,23H,1H3,(H,22,24). The van der Waals surface area contributed by atoms with Crippen molar-refractivity contribution in [1.82, 2.24) is 0 Å². The number of benzene rings is 3. The van der Waals surface area contributed by atoms with Crippen LogP contribution in [0.3, 0.4) is 0 Å². The first kappa shape index (κ1) is 18.6. The zero-order chi connectivity index (χ0) is 19.4. The van der Waals surface area contributed by atoms with E-state index < -0.39 is 21.7 Å². The van der Waals surface area contributed by atoms with Gasteiger partial charge in [0.1, 0.15) is 5.82 Å². The first-order valence-corrected chi connectivity index (χ1v) is 9.58. The lowest BCUT2D eigenvalue weighted by Crippen LogP contribution is -2.14. The van der Waals surface area contributed by atoms with Gasteiger partial charge in [0.05, 0.1) is 4.90 Å². The first-order valence-electron chi connectivity index (χ1n) is 8.10. The van der Waals surface area contributed by atoms with Gasteiger partial charge in [0.2, 0.25) is 0 Å². The number of carbonyl (C=O) groups excluding carboxylic acids is 1. The van der Waals surface area contributed by atoms with Crippen LogP contribution < -0.4 is 10.0 Å². The summed E-state index contributed by atoms with van der Waals surface area (Å²) in [7, 11) is -3.75. The number of anilines is 2. The summed E-state index contributed by atoms with van der Waals surface area (Å²) in [6, 6.07) is 18.1. The Balaban J connectivity index is 1.73. The van der Waals surface area contributed by atoms with E-state index in [1.807, 2.05) is 13.0 Å². The van der Waals surface area contributed by atoms with Crippen LogP contribution in [-0.2, 0) is 10.0 Å². The molecule has 0 saturated carbocycles. The Hall–Kier alpha value is -3.19. The van der Waals surface area contributed by atoms with Crippen molar-refractivity contribution in [1.29, 1.82) is 0 Å². The lowest BCUT2D eigenvalue weighted by molar-refractivity contribution is 0.102. The molecule has 138 valence electrons. The normalized spacial score (nSPS) is 11.0. The molecule has 0 aliphatic heterocycles. The molecule has 5 nitrogen and oxygen atoms in total. The van der Waals surface area contributed by atoms with Crippen LogP contribution in [0.5, 0.6) is 0 Å². The quantitative estimate of drug-likeness (QED) is 0.693. The van der Waals surface area contributed by atoms with E-state index in [0.29, 0.717) is 11.4 Å². The maximum absolute atomic E-state index is 13.2. The summed E-state index contributed by atoms with van der Waals surface area (Å²) in [5.41, 5.74) is 1.98. The molecule has 27 heavy (non-hydrogen) atoms. The van der Waals surface area contributed by atoms with E-state index in [1.165, 1.54) is 42.5 Å². The summed E-state index contributed by atoms with van der Waals surface area (Å²) in [4.78, 5) is 12.2. The van der Waals surface area contributed by atoms with Gasteiger partial charge in [0.15, 0.2) is 0 Å². The van der Waals surface area contributed by atoms with Crippen LogP contribution in [0.4, 0.5) is 15.8 Å². The second-order valence-electron chi connectivity index (χ2n) is 5.96. The Morgan fingerprint density at radius 2 is 1.59 bits per heavy atom. The summed E-state index contributed by atoms with van der Waals surface area (Å²) in [5, 5.41) is 2.60. The predicted molar refractivity (Wildman–Crippen MR) is 103 cm³/mol. The molecule has 0 aliphatic carbocycles.